The average molecular weight is 407 g/mol. The van der Waals surface area contributed by atoms with Gasteiger partial charge in [0.25, 0.3) is 0 Å². The number of nitrogens with one attached hydrogen (secondary N) is 2. The standard InChI is InChI=1S/C24H30N4O2/c1-4-25-23(27-17-24(3,29)20-8-6-5-7-9-20)26-15-14-21-16-30-22(28-21)19-12-10-18(2)11-13-19/h5-13,16,29H,4,14-15,17H2,1-3H3,(H2,25,26,27). The van der Waals surface area contributed by atoms with E-state index in [-0.39, 0.29) is 6.54 Å². The number of oxazole rings is 1. The predicted molar refractivity (Wildman–Crippen MR) is 120 cm³/mol. The second kappa shape index (κ2) is 10.1. The van der Waals surface area contributed by atoms with Crippen molar-refractivity contribution >= 4 is 5.96 Å². The molecule has 6 heteroatoms. The zero-order chi connectivity index (χ0) is 21.4. The van der Waals surface area contributed by atoms with Crippen molar-refractivity contribution in [2.24, 2.45) is 4.99 Å². The fraction of sp³-hybridized carbons (Fsp3) is 0.333. The smallest absolute Gasteiger partial charge is 0.226 e. The Bertz CT molecular complexity index is 947. The lowest BCUT2D eigenvalue weighted by Crippen LogP contribution is -2.39. The molecule has 0 aliphatic heterocycles. The van der Waals surface area contributed by atoms with E-state index in [0.29, 0.717) is 24.8 Å². The number of aromatic nitrogens is 1. The monoisotopic (exact) mass is 406 g/mol. The molecular weight excluding hydrogens is 376 g/mol. The van der Waals surface area contributed by atoms with E-state index < -0.39 is 5.60 Å². The number of aliphatic imine (C=N–C) groups is 1. The van der Waals surface area contributed by atoms with E-state index in [0.717, 1.165) is 23.4 Å². The molecule has 3 aromatic rings. The third-order valence-corrected chi connectivity index (χ3v) is 4.81. The minimum absolute atomic E-state index is 0.258. The minimum Gasteiger partial charge on any atom is -0.444 e. The van der Waals surface area contributed by atoms with Gasteiger partial charge in [0.1, 0.15) is 11.9 Å². The molecule has 30 heavy (non-hydrogen) atoms. The van der Waals surface area contributed by atoms with E-state index >= 15 is 0 Å². The molecule has 3 rings (SSSR count). The first-order chi connectivity index (χ1) is 14.5. The van der Waals surface area contributed by atoms with Gasteiger partial charge in [-0.15, -0.1) is 0 Å². The van der Waals surface area contributed by atoms with Crippen LogP contribution in [0, 0.1) is 6.92 Å². The lowest BCUT2D eigenvalue weighted by Gasteiger charge is -2.22. The Kier molecular flexibility index (Phi) is 7.25. The van der Waals surface area contributed by atoms with Crippen LogP contribution < -0.4 is 10.6 Å². The molecule has 2 aromatic carbocycles. The summed E-state index contributed by atoms with van der Waals surface area (Å²) in [5.41, 5.74) is 2.87. The summed E-state index contributed by atoms with van der Waals surface area (Å²) in [6, 6.07) is 17.7. The zero-order valence-corrected chi connectivity index (χ0v) is 17.9. The maximum Gasteiger partial charge on any atom is 0.226 e. The number of nitrogens with zero attached hydrogens (tertiary/aromatic N) is 2. The molecule has 6 nitrogen and oxygen atoms in total. The molecule has 0 spiro atoms. The number of aliphatic hydroxyl groups is 1. The molecule has 0 aliphatic rings. The SMILES string of the molecule is CCNC(=NCC(C)(O)c1ccccc1)NCCc1coc(-c2ccc(C)cc2)n1. The van der Waals surface area contributed by atoms with Gasteiger partial charge in [0.05, 0.1) is 12.2 Å². The van der Waals surface area contributed by atoms with Crippen molar-refractivity contribution in [2.45, 2.75) is 32.8 Å². The Balaban J connectivity index is 1.56. The molecule has 158 valence electrons. The topological polar surface area (TPSA) is 82.7 Å². The number of rotatable bonds is 8. The van der Waals surface area contributed by atoms with Crippen LogP contribution in [0.1, 0.15) is 30.7 Å². The van der Waals surface area contributed by atoms with Crippen LogP contribution in [0.4, 0.5) is 0 Å². The first kappa shape index (κ1) is 21.6. The van der Waals surface area contributed by atoms with Gasteiger partial charge in [-0.3, -0.25) is 0 Å². The van der Waals surface area contributed by atoms with Crippen molar-refractivity contribution in [3.8, 4) is 11.5 Å². The summed E-state index contributed by atoms with van der Waals surface area (Å²) in [6.45, 7) is 7.49. The number of benzene rings is 2. The number of aryl methyl sites for hydroxylation is 1. The number of guanidine groups is 1. The Morgan fingerprint density at radius 3 is 2.53 bits per heavy atom. The van der Waals surface area contributed by atoms with Crippen LogP contribution in [-0.2, 0) is 12.0 Å². The van der Waals surface area contributed by atoms with Crippen molar-refractivity contribution < 1.29 is 9.52 Å². The van der Waals surface area contributed by atoms with E-state index in [9.17, 15) is 5.11 Å². The first-order valence-corrected chi connectivity index (χ1v) is 10.3. The summed E-state index contributed by atoms with van der Waals surface area (Å²) in [7, 11) is 0. The second-order valence-corrected chi connectivity index (χ2v) is 7.52. The lowest BCUT2D eigenvalue weighted by molar-refractivity contribution is 0.0672. The summed E-state index contributed by atoms with van der Waals surface area (Å²) in [4.78, 5) is 9.13. The molecule has 1 aromatic heterocycles. The van der Waals surface area contributed by atoms with Gasteiger partial charge in [0.2, 0.25) is 5.89 Å². The van der Waals surface area contributed by atoms with Gasteiger partial charge in [-0.1, -0.05) is 48.0 Å². The summed E-state index contributed by atoms with van der Waals surface area (Å²) in [5.74, 6) is 1.29. The van der Waals surface area contributed by atoms with Crippen LogP contribution in [-0.4, -0.2) is 35.7 Å². The average Bonchev–Trinajstić information content (AvgIpc) is 3.22. The van der Waals surface area contributed by atoms with Crippen LogP contribution in [0.3, 0.4) is 0 Å². The van der Waals surface area contributed by atoms with Gasteiger partial charge >= 0.3 is 0 Å². The summed E-state index contributed by atoms with van der Waals surface area (Å²) >= 11 is 0. The van der Waals surface area contributed by atoms with Gasteiger partial charge in [0.15, 0.2) is 5.96 Å². The quantitative estimate of drug-likeness (QED) is 0.393. The summed E-state index contributed by atoms with van der Waals surface area (Å²) < 4.78 is 5.62. The highest BCUT2D eigenvalue weighted by molar-refractivity contribution is 5.79. The van der Waals surface area contributed by atoms with Crippen molar-refractivity contribution in [3.63, 3.8) is 0 Å². The first-order valence-electron chi connectivity index (χ1n) is 10.3. The van der Waals surface area contributed by atoms with E-state index in [4.69, 9.17) is 4.42 Å². The van der Waals surface area contributed by atoms with Crippen LogP contribution >= 0.6 is 0 Å². The fourth-order valence-electron chi connectivity index (χ4n) is 3.02. The molecule has 3 N–H and O–H groups in total. The fourth-order valence-corrected chi connectivity index (χ4v) is 3.02. The lowest BCUT2D eigenvalue weighted by atomic mass is 9.96. The summed E-state index contributed by atoms with van der Waals surface area (Å²) in [6.07, 6.45) is 2.40. The van der Waals surface area contributed by atoms with E-state index in [1.54, 1.807) is 13.2 Å². The zero-order valence-electron chi connectivity index (χ0n) is 17.9. The molecule has 0 saturated heterocycles. The molecule has 0 aliphatic carbocycles. The molecule has 1 heterocycles. The molecule has 0 amide bonds. The van der Waals surface area contributed by atoms with Crippen molar-refractivity contribution in [1.29, 1.82) is 0 Å². The summed E-state index contributed by atoms with van der Waals surface area (Å²) in [5, 5.41) is 17.3. The molecule has 0 saturated carbocycles. The van der Waals surface area contributed by atoms with Crippen molar-refractivity contribution in [3.05, 3.63) is 77.7 Å². The highest BCUT2D eigenvalue weighted by Crippen LogP contribution is 2.20. The van der Waals surface area contributed by atoms with Crippen LogP contribution in [0.2, 0.25) is 0 Å². The third kappa shape index (κ3) is 5.94. The highest BCUT2D eigenvalue weighted by atomic mass is 16.3. The highest BCUT2D eigenvalue weighted by Gasteiger charge is 2.22. The normalized spacial score (nSPS) is 13.7. The van der Waals surface area contributed by atoms with Gasteiger partial charge < -0.3 is 20.2 Å². The van der Waals surface area contributed by atoms with Crippen molar-refractivity contribution in [2.75, 3.05) is 19.6 Å². The molecule has 1 atom stereocenters. The second-order valence-electron chi connectivity index (χ2n) is 7.52. The Morgan fingerprint density at radius 2 is 1.83 bits per heavy atom. The van der Waals surface area contributed by atoms with Crippen LogP contribution in [0.5, 0.6) is 0 Å². The van der Waals surface area contributed by atoms with Crippen LogP contribution in [0.15, 0.2) is 70.3 Å². The third-order valence-electron chi connectivity index (χ3n) is 4.81. The molecule has 1 unspecified atom stereocenters. The molecular formula is C24H30N4O2. The van der Waals surface area contributed by atoms with Gasteiger partial charge in [-0.2, -0.15) is 0 Å². The Labute approximate surface area is 178 Å². The molecule has 0 fully saturated rings. The van der Waals surface area contributed by atoms with Gasteiger partial charge in [-0.25, -0.2) is 9.98 Å². The number of hydrogen-bond donors (Lipinski definition) is 3. The van der Waals surface area contributed by atoms with Crippen LogP contribution in [0.25, 0.3) is 11.5 Å². The maximum atomic E-state index is 10.7. The molecule has 0 bridgehead atoms. The molecule has 0 radical (unpaired) electrons. The van der Waals surface area contributed by atoms with E-state index in [1.165, 1.54) is 5.56 Å². The predicted octanol–water partition coefficient (Wildman–Crippen LogP) is 3.66. The number of hydrogen-bond acceptors (Lipinski definition) is 4. The Morgan fingerprint density at radius 1 is 1.10 bits per heavy atom. The van der Waals surface area contributed by atoms with Crippen molar-refractivity contribution in [1.82, 2.24) is 15.6 Å². The minimum atomic E-state index is -1.03. The van der Waals surface area contributed by atoms with E-state index in [2.05, 4.69) is 27.5 Å². The van der Waals surface area contributed by atoms with Gasteiger partial charge in [0, 0.05) is 25.1 Å². The maximum absolute atomic E-state index is 10.7. The Hall–Kier alpha value is -3.12. The van der Waals surface area contributed by atoms with Gasteiger partial charge in [-0.05, 0) is 38.5 Å². The van der Waals surface area contributed by atoms with E-state index in [1.807, 2.05) is 61.5 Å². The largest absolute Gasteiger partial charge is 0.444 e.